The van der Waals surface area contributed by atoms with Crippen LogP contribution in [-0.2, 0) is 14.3 Å². The van der Waals surface area contributed by atoms with Gasteiger partial charge in [0.25, 0.3) is 5.67 Å². The molecule has 0 aromatic heterocycles. The molecule has 0 radical (unpaired) electrons. The molecular weight excluding hydrogens is 479 g/mol. The topological polar surface area (TPSA) is 43.4 Å². The molecule has 0 aliphatic carbocycles. The zero-order valence-corrected chi connectivity index (χ0v) is 18.1. The Morgan fingerprint density at radius 2 is 1.78 bits per heavy atom. The van der Waals surface area contributed by atoms with E-state index in [0.29, 0.717) is 5.56 Å². The van der Waals surface area contributed by atoms with Crippen molar-refractivity contribution >= 4 is 49.7 Å². The SMILES string of the molecule is CCOC(=O)C(F)(C(C)=O)C(/C=C/c1cccc(Br)c1)c1cccc(Br)c1. The molecule has 3 nitrogen and oxygen atoms in total. The standard InChI is InChI=1S/C21H19Br2FO3/c1-3-27-20(26)21(24,14(2)25)19(16-7-5-9-18(23)13-16)11-10-15-6-4-8-17(22)12-15/h4-13,19H,3H2,1-2H3/b11-10+. The average Bonchev–Trinajstić information content (AvgIpc) is 2.61. The summed E-state index contributed by atoms with van der Waals surface area (Å²) in [5.74, 6) is -3.21. The number of Topliss-reactive ketones (excluding diaryl/α,β-unsaturated/α-hetero) is 1. The average molecular weight is 498 g/mol. The van der Waals surface area contributed by atoms with Gasteiger partial charge in [-0.2, -0.15) is 0 Å². The molecule has 142 valence electrons. The Balaban J connectivity index is 2.57. The number of esters is 1. The Labute approximate surface area is 174 Å². The van der Waals surface area contributed by atoms with E-state index in [1.807, 2.05) is 24.3 Å². The number of allylic oxidation sites excluding steroid dienone is 1. The summed E-state index contributed by atoms with van der Waals surface area (Å²) >= 11 is 6.74. The summed E-state index contributed by atoms with van der Waals surface area (Å²) in [6.45, 7) is 2.62. The predicted molar refractivity (Wildman–Crippen MR) is 111 cm³/mol. The van der Waals surface area contributed by atoms with E-state index in [0.717, 1.165) is 21.4 Å². The molecule has 0 saturated carbocycles. The van der Waals surface area contributed by atoms with E-state index in [4.69, 9.17) is 4.74 Å². The van der Waals surface area contributed by atoms with Gasteiger partial charge < -0.3 is 4.74 Å². The van der Waals surface area contributed by atoms with E-state index in [2.05, 4.69) is 31.9 Å². The molecule has 0 aliphatic rings. The highest BCUT2D eigenvalue weighted by Crippen LogP contribution is 2.37. The molecule has 0 aliphatic heterocycles. The fourth-order valence-electron chi connectivity index (χ4n) is 2.72. The quantitative estimate of drug-likeness (QED) is 0.355. The van der Waals surface area contributed by atoms with Gasteiger partial charge in [-0.05, 0) is 49.2 Å². The molecule has 0 N–H and O–H groups in total. The van der Waals surface area contributed by atoms with Crippen LogP contribution in [0.2, 0.25) is 0 Å². The van der Waals surface area contributed by atoms with Crippen molar-refractivity contribution in [3.63, 3.8) is 0 Å². The monoisotopic (exact) mass is 496 g/mol. The first-order valence-electron chi connectivity index (χ1n) is 8.35. The maximum atomic E-state index is 15.9. The summed E-state index contributed by atoms with van der Waals surface area (Å²) in [6, 6.07) is 14.3. The third kappa shape index (κ3) is 5.14. The number of alkyl halides is 1. The van der Waals surface area contributed by atoms with Crippen LogP contribution in [0.15, 0.2) is 63.6 Å². The lowest BCUT2D eigenvalue weighted by molar-refractivity contribution is -0.162. The molecule has 0 fully saturated rings. The molecule has 2 unspecified atom stereocenters. The van der Waals surface area contributed by atoms with Crippen molar-refractivity contribution in [2.24, 2.45) is 0 Å². The molecule has 6 heteroatoms. The van der Waals surface area contributed by atoms with Gasteiger partial charge in [0, 0.05) is 8.95 Å². The molecule has 0 heterocycles. The van der Waals surface area contributed by atoms with E-state index < -0.39 is 23.3 Å². The highest BCUT2D eigenvalue weighted by Gasteiger charge is 2.52. The minimum absolute atomic E-state index is 0.0155. The lowest BCUT2D eigenvalue weighted by Crippen LogP contribution is -2.47. The normalized spacial score (nSPS) is 14.6. The van der Waals surface area contributed by atoms with Crippen LogP contribution in [0.4, 0.5) is 4.39 Å². The van der Waals surface area contributed by atoms with E-state index in [1.165, 1.54) is 6.08 Å². The van der Waals surface area contributed by atoms with Crippen LogP contribution in [0.25, 0.3) is 6.08 Å². The Morgan fingerprint density at radius 3 is 2.33 bits per heavy atom. The summed E-state index contributed by atoms with van der Waals surface area (Å²) in [5, 5.41) is 0. The molecule has 0 amide bonds. The van der Waals surface area contributed by atoms with Gasteiger partial charge in [-0.15, -0.1) is 0 Å². The van der Waals surface area contributed by atoms with Gasteiger partial charge in [0.1, 0.15) is 0 Å². The first-order chi connectivity index (χ1) is 12.8. The van der Waals surface area contributed by atoms with Gasteiger partial charge in [-0.25, -0.2) is 9.18 Å². The second-order valence-electron chi connectivity index (χ2n) is 5.94. The number of hydrogen-bond acceptors (Lipinski definition) is 3. The van der Waals surface area contributed by atoms with Gasteiger partial charge in [0.15, 0.2) is 5.78 Å². The van der Waals surface area contributed by atoms with Gasteiger partial charge in [-0.3, -0.25) is 4.79 Å². The number of ketones is 1. The number of carbonyl (C=O) groups excluding carboxylic acids is 2. The predicted octanol–water partition coefficient (Wildman–Crippen LogP) is 5.87. The van der Waals surface area contributed by atoms with Gasteiger partial charge >= 0.3 is 5.97 Å². The Kier molecular flexibility index (Phi) is 7.50. The number of ether oxygens (including phenoxy) is 1. The van der Waals surface area contributed by atoms with Gasteiger partial charge in [-0.1, -0.05) is 68.3 Å². The van der Waals surface area contributed by atoms with Crippen LogP contribution in [0.1, 0.15) is 30.9 Å². The van der Waals surface area contributed by atoms with Crippen molar-refractivity contribution in [1.82, 2.24) is 0 Å². The lowest BCUT2D eigenvalue weighted by Gasteiger charge is -2.28. The third-order valence-electron chi connectivity index (χ3n) is 4.05. The van der Waals surface area contributed by atoms with E-state index >= 15 is 4.39 Å². The molecule has 0 saturated heterocycles. The molecular formula is C21H19Br2FO3. The minimum atomic E-state index is -2.82. The highest BCUT2D eigenvalue weighted by molar-refractivity contribution is 9.10. The van der Waals surface area contributed by atoms with Crippen molar-refractivity contribution in [2.75, 3.05) is 6.61 Å². The van der Waals surface area contributed by atoms with E-state index in [1.54, 1.807) is 37.3 Å². The molecule has 2 aromatic rings. The Bertz CT molecular complexity index is 866. The van der Waals surface area contributed by atoms with Crippen LogP contribution in [0, 0.1) is 0 Å². The fraction of sp³-hybridized carbons (Fsp3) is 0.238. The maximum absolute atomic E-state index is 15.9. The van der Waals surface area contributed by atoms with Crippen LogP contribution in [0.5, 0.6) is 0 Å². The molecule has 2 aromatic carbocycles. The second-order valence-corrected chi connectivity index (χ2v) is 7.77. The molecule has 0 spiro atoms. The number of halogens is 3. The smallest absolute Gasteiger partial charge is 0.352 e. The van der Waals surface area contributed by atoms with E-state index in [-0.39, 0.29) is 6.61 Å². The molecule has 0 bridgehead atoms. The Hall–Kier alpha value is -1.79. The summed E-state index contributed by atoms with van der Waals surface area (Å²) in [4.78, 5) is 24.6. The number of hydrogen-bond donors (Lipinski definition) is 0. The molecule has 2 rings (SSSR count). The largest absolute Gasteiger partial charge is 0.463 e. The van der Waals surface area contributed by atoms with Crippen molar-refractivity contribution in [2.45, 2.75) is 25.4 Å². The van der Waals surface area contributed by atoms with E-state index in [9.17, 15) is 9.59 Å². The van der Waals surface area contributed by atoms with Crippen molar-refractivity contribution in [3.05, 3.63) is 74.7 Å². The summed E-state index contributed by atoms with van der Waals surface area (Å²) in [6.07, 6.45) is 3.22. The number of carbonyl (C=O) groups is 2. The third-order valence-corrected chi connectivity index (χ3v) is 5.04. The first kappa shape index (κ1) is 21.5. The maximum Gasteiger partial charge on any atom is 0.352 e. The van der Waals surface area contributed by atoms with Gasteiger partial charge in [0.2, 0.25) is 0 Å². The fourth-order valence-corrected chi connectivity index (χ4v) is 3.55. The highest BCUT2D eigenvalue weighted by atomic mass is 79.9. The first-order valence-corrected chi connectivity index (χ1v) is 9.94. The van der Waals surface area contributed by atoms with Crippen LogP contribution in [-0.4, -0.2) is 24.0 Å². The van der Waals surface area contributed by atoms with Crippen LogP contribution in [0.3, 0.4) is 0 Å². The molecule has 2 atom stereocenters. The summed E-state index contributed by atoms with van der Waals surface area (Å²) in [7, 11) is 0. The lowest BCUT2D eigenvalue weighted by atomic mass is 9.80. The zero-order chi connectivity index (χ0) is 20.0. The van der Waals surface area contributed by atoms with Crippen LogP contribution < -0.4 is 0 Å². The number of benzene rings is 2. The van der Waals surface area contributed by atoms with Crippen molar-refractivity contribution < 1.29 is 18.7 Å². The second kappa shape index (κ2) is 9.42. The van der Waals surface area contributed by atoms with Crippen LogP contribution >= 0.6 is 31.9 Å². The molecule has 27 heavy (non-hydrogen) atoms. The van der Waals surface area contributed by atoms with Crippen molar-refractivity contribution in [3.8, 4) is 0 Å². The zero-order valence-electron chi connectivity index (χ0n) is 14.9. The van der Waals surface area contributed by atoms with Crippen molar-refractivity contribution in [1.29, 1.82) is 0 Å². The van der Waals surface area contributed by atoms with Gasteiger partial charge in [0.05, 0.1) is 12.5 Å². The Morgan fingerprint density at radius 1 is 1.15 bits per heavy atom. The summed E-state index contributed by atoms with van der Waals surface area (Å²) < 4.78 is 22.3. The number of rotatable bonds is 7. The summed E-state index contributed by atoms with van der Waals surface area (Å²) in [5.41, 5.74) is -1.53. The minimum Gasteiger partial charge on any atom is -0.463 e.